The molecule has 1 fully saturated rings. The molecular weight excluding hydrogens is 252 g/mol. The van der Waals surface area contributed by atoms with Crippen LogP contribution in [0.4, 0.5) is 14.5 Å². The summed E-state index contributed by atoms with van der Waals surface area (Å²) >= 11 is 0. The SMILES string of the molecule is Nc1cc(-n2nnnc2C2CCCC2)c(F)cc1F. The second-order valence-electron chi connectivity index (χ2n) is 4.76. The van der Waals surface area contributed by atoms with Crippen molar-refractivity contribution in [3.63, 3.8) is 0 Å². The Morgan fingerprint density at radius 2 is 1.89 bits per heavy atom. The zero-order valence-electron chi connectivity index (χ0n) is 10.2. The smallest absolute Gasteiger partial charge is 0.159 e. The molecule has 0 unspecified atom stereocenters. The van der Waals surface area contributed by atoms with Crippen LogP contribution in [0.25, 0.3) is 5.69 Å². The molecule has 1 aliphatic carbocycles. The third kappa shape index (κ3) is 2.05. The zero-order chi connectivity index (χ0) is 13.4. The maximum atomic E-state index is 13.8. The van der Waals surface area contributed by atoms with E-state index in [9.17, 15) is 8.78 Å². The van der Waals surface area contributed by atoms with Gasteiger partial charge in [0.05, 0.1) is 5.69 Å². The van der Waals surface area contributed by atoms with Crippen molar-refractivity contribution in [2.45, 2.75) is 31.6 Å². The van der Waals surface area contributed by atoms with Gasteiger partial charge < -0.3 is 5.73 Å². The first-order chi connectivity index (χ1) is 9.16. The second kappa shape index (κ2) is 4.56. The van der Waals surface area contributed by atoms with Crippen molar-refractivity contribution < 1.29 is 8.78 Å². The molecule has 1 aromatic carbocycles. The highest BCUT2D eigenvalue weighted by atomic mass is 19.1. The van der Waals surface area contributed by atoms with Crippen LogP contribution in [0.2, 0.25) is 0 Å². The topological polar surface area (TPSA) is 69.6 Å². The average Bonchev–Trinajstić information content (AvgIpc) is 3.03. The maximum absolute atomic E-state index is 13.8. The fourth-order valence-corrected chi connectivity index (χ4v) is 2.52. The molecule has 3 rings (SSSR count). The first-order valence-electron chi connectivity index (χ1n) is 6.20. The lowest BCUT2D eigenvalue weighted by atomic mass is 10.1. The van der Waals surface area contributed by atoms with Crippen molar-refractivity contribution in [1.29, 1.82) is 0 Å². The van der Waals surface area contributed by atoms with Gasteiger partial charge in [0.15, 0.2) is 11.6 Å². The summed E-state index contributed by atoms with van der Waals surface area (Å²) in [5.74, 6) is -0.668. The van der Waals surface area contributed by atoms with Crippen LogP contribution in [0.15, 0.2) is 12.1 Å². The molecule has 100 valence electrons. The van der Waals surface area contributed by atoms with Gasteiger partial charge in [-0.15, -0.1) is 5.10 Å². The molecule has 0 bridgehead atoms. The minimum Gasteiger partial charge on any atom is -0.396 e. The van der Waals surface area contributed by atoms with Crippen LogP contribution in [0.5, 0.6) is 0 Å². The van der Waals surface area contributed by atoms with E-state index in [1.807, 2.05) is 0 Å². The minimum absolute atomic E-state index is 0.0887. The van der Waals surface area contributed by atoms with E-state index in [2.05, 4.69) is 15.5 Å². The van der Waals surface area contributed by atoms with Crippen LogP contribution in [0, 0.1) is 11.6 Å². The van der Waals surface area contributed by atoms with Crippen molar-refractivity contribution in [2.75, 3.05) is 5.73 Å². The number of nitrogens with zero attached hydrogens (tertiary/aromatic N) is 4. The Bertz CT molecular complexity index is 604. The monoisotopic (exact) mass is 265 g/mol. The third-order valence-corrected chi connectivity index (χ3v) is 3.51. The zero-order valence-corrected chi connectivity index (χ0v) is 10.2. The molecule has 1 saturated carbocycles. The summed E-state index contributed by atoms with van der Waals surface area (Å²) in [7, 11) is 0. The number of aromatic nitrogens is 4. The summed E-state index contributed by atoms with van der Waals surface area (Å²) in [6.07, 6.45) is 4.20. The Balaban J connectivity index is 2.07. The van der Waals surface area contributed by atoms with Crippen molar-refractivity contribution in [1.82, 2.24) is 20.2 Å². The fraction of sp³-hybridized carbons (Fsp3) is 0.417. The molecule has 19 heavy (non-hydrogen) atoms. The molecule has 0 radical (unpaired) electrons. The molecule has 7 heteroatoms. The summed E-state index contributed by atoms with van der Waals surface area (Å²) in [6, 6.07) is 1.98. The molecule has 0 amide bonds. The minimum atomic E-state index is -0.781. The van der Waals surface area contributed by atoms with Gasteiger partial charge in [-0.05, 0) is 29.3 Å². The van der Waals surface area contributed by atoms with Gasteiger partial charge in [-0.1, -0.05) is 12.8 Å². The van der Waals surface area contributed by atoms with E-state index >= 15 is 0 Å². The summed E-state index contributed by atoms with van der Waals surface area (Å²) in [5, 5.41) is 11.4. The number of nitrogen functional groups attached to an aromatic ring is 1. The predicted octanol–water partition coefficient (Wildman–Crippen LogP) is 2.18. The van der Waals surface area contributed by atoms with Gasteiger partial charge in [0, 0.05) is 12.0 Å². The lowest BCUT2D eigenvalue weighted by Crippen LogP contribution is -2.09. The first-order valence-corrected chi connectivity index (χ1v) is 6.20. The van der Waals surface area contributed by atoms with Crippen molar-refractivity contribution in [3.05, 3.63) is 29.6 Å². The van der Waals surface area contributed by atoms with E-state index < -0.39 is 11.6 Å². The molecular formula is C12H13F2N5. The highest BCUT2D eigenvalue weighted by molar-refractivity contribution is 5.49. The number of halogens is 2. The number of benzene rings is 1. The standard InChI is InChI=1S/C12H13F2N5/c13-8-5-9(14)11(6-10(8)15)19-12(16-17-18-19)7-3-1-2-4-7/h5-7H,1-4,15H2. The van der Waals surface area contributed by atoms with E-state index in [1.54, 1.807) is 0 Å². The molecule has 5 nitrogen and oxygen atoms in total. The Morgan fingerprint density at radius 1 is 1.16 bits per heavy atom. The van der Waals surface area contributed by atoms with Crippen LogP contribution >= 0.6 is 0 Å². The Morgan fingerprint density at radius 3 is 2.63 bits per heavy atom. The quantitative estimate of drug-likeness (QED) is 0.845. The van der Waals surface area contributed by atoms with Crippen molar-refractivity contribution in [2.24, 2.45) is 0 Å². The van der Waals surface area contributed by atoms with E-state index in [4.69, 9.17) is 5.73 Å². The van der Waals surface area contributed by atoms with Crippen molar-refractivity contribution >= 4 is 5.69 Å². The van der Waals surface area contributed by atoms with Crippen LogP contribution in [0.3, 0.4) is 0 Å². The largest absolute Gasteiger partial charge is 0.396 e. The number of rotatable bonds is 2. The van der Waals surface area contributed by atoms with Crippen LogP contribution < -0.4 is 5.73 Å². The lowest BCUT2D eigenvalue weighted by molar-refractivity contribution is 0.564. The van der Waals surface area contributed by atoms with E-state index in [0.717, 1.165) is 31.7 Å². The van der Waals surface area contributed by atoms with Gasteiger partial charge in [-0.25, -0.2) is 8.78 Å². The summed E-state index contributed by atoms with van der Waals surface area (Å²) in [6.45, 7) is 0. The summed E-state index contributed by atoms with van der Waals surface area (Å²) < 4.78 is 28.3. The van der Waals surface area contributed by atoms with Gasteiger partial charge >= 0.3 is 0 Å². The summed E-state index contributed by atoms with van der Waals surface area (Å²) in [4.78, 5) is 0. The van der Waals surface area contributed by atoms with Gasteiger partial charge in [0.2, 0.25) is 0 Å². The highest BCUT2D eigenvalue weighted by Gasteiger charge is 2.25. The van der Waals surface area contributed by atoms with Gasteiger partial charge in [-0.2, -0.15) is 4.68 Å². The molecule has 0 saturated heterocycles. The molecule has 1 aromatic heterocycles. The molecule has 0 atom stereocenters. The van der Waals surface area contributed by atoms with Crippen molar-refractivity contribution in [3.8, 4) is 5.69 Å². The van der Waals surface area contributed by atoms with Gasteiger partial charge in [0.1, 0.15) is 11.5 Å². The van der Waals surface area contributed by atoms with E-state index in [-0.39, 0.29) is 17.3 Å². The number of hydrogen-bond donors (Lipinski definition) is 1. The predicted molar refractivity (Wildman–Crippen MR) is 64.7 cm³/mol. The van der Waals surface area contributed by atoms with Gasteiger partial charge in [0.25, 0.3) is 0 Å². The van der Waals surface area contributed by atoms with E-state index in [0.29, 0.717) is 5.82 Å². The van der Waals surface area contributed by atoms with Crippen LogP contribution in [-0.4, -0.2) is 20.2 Å². The maximum Gasteiger partial charge on any atom is 0.159 e. The molecule has 1 heterocycles. The molecule has 2 aromatic rings. The van der Waals surface area contributed by atoms with E-state index in [1.165, 1.54) is 10.7 Å². The molecule has 0 spiro atoms. The number of hydrogen-bond acceptors (Lipinski definition) is 4. The highest BCUT2D eigenvalue weighted by Crippen LogP contribution is 2.34. The first kappa shape index (κ1) is 12.0. The Labute approximate surface area is 108 Å². The Kier molecular flexibility index (Phi) is 2.88. The molecule has 1 aliphatic rings. The average molecular weight is 265 g/mol. The normalized spacial score (nSPS) is 16.1. The lowest BCUT2D eigenvalue weighted by Gasteiger charge is -2.11. The van der Waals surface area contributed by atoms with Crippen LogP contribution in [0.1, 0.15) is 37.4 Å². The van der Waals surface area contributed by atoms with Crippen LogP contribution in [-0.2, 0) is 0 Å². The number of nitrogens with two attached hydrogens (primary N) is 1. The number of anilines is 1. The van der Waals surface area contributed by atoms with Gasteiger partial charge in [-0.3, -0.25) is 0 Å². The third-order valence-electron chi connectivity index (χ3n) is 3.51. The molecule has 0 aliphatic heterocycles. The number of tetrazole rings is 1. The fourth-order valence-electron chi connectivity index (χ4n) is 2.52. The summed E-state index contributed by atoms with van der Waals surface area (Å²) in [5.41, 5.74) is 5.44. The molecule has 2 N–H and O–H groups in total. The second-order valence-corrected chi connectivity index (χ2v) is 4.76. The Hall–Kier alpha value is -2.05.